The van der Waals surface area contributed by atoms with Crippen molar-refractivity contribution in [3.63, 3.8) is 0 Å². The summed E-state index contributed by atoms with van der Waals surface area (Å²) in [5.74, 6) is 0.0280. The van der Waals surface area contributed by atoms with Gasteiger partial charge in [0.15, 0.2) is 0 Å². The molecular weight excluding hydrogens is 389 g/mol. The summed E-state index contributed by atoms with van der Waals surface area (Å²) in [5, 5.41) is 14.5. The van der Waals surface area contributed by atoms with Gasteiger partial charge in [0, 0.05) is 12.1 Å². The normalized spacial score (nSPS) is 10.7. The number of ether oxygens (including phenoxy) is 1. The number of carbonyl (C=O) groups is 1. The summed E-state index contributed by atoms with van der Waals surface area (Å²) >= 11 is 0. The minimum Gasteiger partial charge on any atom is -0.489 e. The van der Waals surface area contributed by atoms with E-state index in [1.54, 1.807) is 36.4 Å². The number of benzene rings is 3. The van der Waals surface area contributed by atoms with E-state index in [2.05, 4.69) is 10.5 Å². The second-order valence-corrected chi connectivity index (χ2v) is 6.38. The van der Waals surface area contributed by atoms with Crippen molar-refractivity contribution in [1.82, 2.24) is 5.43 Å². The number of non-ortho nitro benzene ring substituents is 1. The van der Waals surface area contributed by atoms with E-state index in [4.69, 9.17) is 4.74 Å². The standard InChI is InChI=1S/C22H18FN3O4/c23-19-7-1-18(2-8-19)15-30-21-11-5-17(6-12-21)14-24-25-22(27)13-16-3-9-20(10-4-16)26(28)29/h1-12,14H,13,15H2,(H,25,27). The highest BCUT2D eigenvalue weighted by Gasteiger charge is 2.06. The van der Waals surface area contributed by atoms with Crippen molar-refractivity contribution in [1.29, 1.82) is 0 Å². The maximum atomic E-state index is 12.9. The number of nitrogens with one attached hydrogen (secondary N) is 1. The van der Waals surface area contributed by atoms with E-state index in [0.29, 0.717) is 17.9 Å². The van der Waals surface area contributed by atoms with Crippen LogP contribution in [-0.2, 0) is 17.8 Å². The van der Waals surface area contributed by atoms with Crippen molar-refractivity contribution < 1.29 is 18.8 Å². The number of amides is 1. The fourth-order valence-electron chi connectivity index (χ4n) is 2.54. The molecule has 0 aliphatic carbocycles. The molecule has 0 bridgehead atoms. The van der Waals surface area contributed by atoms with Gasteiger partial charge in [0.1, 0.15) is 18.2 Å². The Bertz CT molecular complexity index is 1030. The van der Waals surface area contributed by atoms with Gasteiger partial charge in [-0.25, -0.2) is 9.82 Å². The van der Waals surface area contributed by atoms with Crippen LogP contribution in [0.5, 0.6) is 5.75 Å². The van der Waals surface area contributed by atoms with Crippen LogP contribution in [0.4, 0.5) is 10.1 Å². The van der Waals surface area contributed by atoms with Crippen LogP contribution >= 0.6 is 0 Å². The molecule has 3 aromatic carbocycles. The van der Waals surface area contributed by atoms with Gasteiger partial charge in [0.2, 0.25) is 5.91 Å². The molecule has 0 unspecified atom stereocenters. The smallest absolute Gasteiger partial charge is 0.269 e. The van der Waals surface area contributed by atoms with Gasteiger partial charge in [-0.15, -0.1) is 0 Å². The SMILES string of the molecule is O=C(Cc1ccc([N+](=O)[O-])cc1)NN=Cc1ccc(OCc2ccc(F)cc2)cc1. The number of nitro benzene ring substituents is 1. The van der Waals surface area contributed by atoms with Gasteiger partial charge in [0.25, 0.3) is 5.69 Å². The van der Waals surface area contributed by atoms with Crippen LogP contribution in [0.25, 0.3) is 0 Å². The molecule has 8 heteroatoms. The van der Waals surface area contributed by atoms with E-state index in [9.17, 15) is 19.3 Å². The highest BCUT2D eigenvalue weighted by molar-refractivity contribution is 5.83. The van der Waals surface area contributed by atoms with Crippen molar-refractivity contribution >= 4 is 17.8 Å². The molecule has 0 saturated carbocycles. The molecule has 0 aliphatic rings. The zero-order valence-electron chi connectivity index (χ0n) is 15.8. The maximum Gasteiger partial charge on any atom is 0.269 e. The van der Waals surface area contributed by atoms with Crippen molar-refractivity contribution in [2.75, 3.05) is 0 Å². The Morgan fingerprint density at radius 1 is 1.00 bits per heavy atom. The first-order chi connectivity index (χ1) is 14.5. The Labute approximate surface area is 172 Å². The predicted molar refractivity (Wildman–Crippen MR) is 110 cm³/mol. The molecule has 152 valence electrons. The van der Waals surface area contributed by atoms with Crippen LogP contribution in [0.3, 0.4) is 0 Å². The average Bonchev–Trinajstić information content (AvgIpc) is 2.74. The lowest BCUT2D eigenvalue weighted by Crippen LogP contribution is -2.19. The first-order valence-electron chi connectivity index (χ1n) is 9.02. The lowest BCUT2D eigenvalue weighted by Gasteiger charge is -2.06. The Kier molecular flexibility index (Phi) is 6.83. The summed E-state index contributed by atoms with van der Waals surface area (Å²) in [6.07, 6.45) is 1.56. The van der Waals surface area contributed by atoms with Gasteiger partial charge in [0.05, 0.1) is 17.6 Å². The third-order valence-corrected chi connectivity index (χ3v) is 4.11. The van der Waals surface area contributed by atoms with Crippen LogP contribution < -0.4 is 10.2 Å². The van der Waals surface area contributed by atoms with Gasteiger partial charge in [-0.05, 0) is 53.1 Å². The molecule has 0 atom stereocenters. The monoisotopic (exact) mass is 407 g/mol. The molecule has 0 spiro atoms. The van der Waals surface area contributed by atoms with Gasteiger partial charge >= 0.3 is 0 Å². The number of rotatable bonds is 8. The van der Waals surface area contributed by atoms with Crippen LogP contribution in [0.15, 0.2) is 77.9 Å². The largest absolute Gasteiger partial charge is 0.489 e. The molecule has 0 fully saturated rings. The van der Waals surface area contributed by atoms with E-state index < -0.39 is 4.92 Å². The molecule has 0 saturated heterocycles. The van der Waals surface area contributed by atoms with E-state index in [1.807, 2.05) is 0 Å². The van der Waals surface area contributed by atoms with E-state index in [0.717, 1.165) is 11.1 Å². The fraction of sp³-hybridized carbons (Fsp3) is 0.0909. The van der Waals surface area contributed by atoms with Crippen molar-refractivity contribution in [2.24, 2.45) is 5.10 Å². The fourth-order valence-corrected chi connectivity index (χ4v) is 2.54. The minimum absolute atomic E-state index is 0.0257. The second kappa shape index (κ2) is 9.92. The molecule has 3 aromatic rings. The molecule has 0 aliphatic heterocycles. The summed E-state index contributed by atoms with van der Waals surface area (Å²) in [6, 6.07) is 19.0. The highest BCUT2D eigenvalue weighted by atomic mass is 19.1. The Hall–Kier alpha value is -4.07. The number of hydrazone groups is 1. The van der Waals surface area contributed by atoms with Crippen molar-refractivity contribution in [3.05, 3.63) is 105 Å². The maximum absolute atomic E-state index is 12.9. The number of hydrogen-bond donors (Lipinski definition) is 1. The molecular formula is C22H18FN3O4. The van der Waals surface area contributed by atoms with Crippen LogP contribution in [-0.4, -0.2) is 17.0 Å². The van der Waals surface area contributed by atoms with Crippen molar-refractivity contribution in [3.8, 4) is 5.75 Å². The first kappa shape index (κ1) is 20.7. The molecule has 1 amide bonds. The summed E-state index contributed by atoms with van der Waals surface area (Å²) < 4.78 is 18.5. The highest BCUT2D eigenvalue weighted by Crippen LogP contribution is 2.14. The minimum atomic E-state index is -0.493. The molecule has 3 rings (SSSR count). The molecule has 30 heavy (non-hydrogen) atoms. The summed E-state index contributed by atoms with van der Waals surface area (Å²) in [6.45, 7) is 0.326. The van der Waals surface area contributed by atoms with Gasteiger partial charge < -0.3 is 4.74 Å². The third kappa shape index (κ3) is 6.23. The van der Waals surface area contributed by atoms with Crippen LogP contribution in [0, 0.1) is 15.9 Å². The predicted octanol–water partition coefficient (Wildman–Crippen LogP) is 4.01. The topological polar surface area (TPSA) is 93.8 Å². The molecule has 1 N–H and O–H groups in total. The zero-order valence-corrected chi connectivity index (χ0v) is 15.8. The van der Waals surface area contributed by atoms with Gasteiger partial charge in [-0.2, -0.15) is 5.10 Å². The lowest BCUT2D eigenvalue weighted by atomic mass is 10.1. The Morgan fingerprint density at radius 2 is 1.63 bits per heavy atom. The van der Waals surface area contributed by atoms with E-state index in [1.165, 1.54) is 42.6 Å². The third-order valence-electron chi connectivity index (χ3n) is 4.11. The number of hydrogen-bond acceptors (Lipinski definition) is 5. The van der Waals surface area contributed by atoms with Gasteiger partial charge in [-0.3, -0.25) is 14.9 Å². The van der Waals surface area contributed by atoms with Gasteiger partial charge in [-0.1, -0.05) is 24.3 Å². The number of carbonyl (C=O) groups excluding carboxylic acids is 1. The lowest BCUT2D eigenvalue weighted by molar-refractivity contribution is -0.384. The molecule has 0 radical (unpaired) electrons. The van der Waals surface area contributed by atoms with E-state index in [-0.39, 0.29) is 23.8 Å². The average molecular weight is 407 g/mol. The number of nitro groups is 1. The van der Waals surface area contributed by atoms with E-state index >= 15 is 0 Å². The molecule has 0 aromatic heterocycles. The number of halogens is 1. The van der Waals surface area contributed by atoms with Crippen LogP contribution in [0.2, 0.25) is 0 Å². The Morgan fingerprint density at radius 3 is 2.27 bits per heavy atom. The second-order valence-electron chi connectivity index (χ2n) is 6.38. The molecule has 7 nitrogen and oxygen atoms in total. The molecule has 0 heterocycles. The zero-order chi connectivity index (χ0) is 21.3. The van der Waals surface area contributed by atoms with Crippen LogP contribution in [0.1, 0.15) is 16.7 Å². The first-order valence-corrected chi connectivity index (χ1v) is 9.02. The van der Waals surface area contributed by atoms with Crippen molar-refractivity contribution in [2.45, 2.75) is 13.0 Å². The number of nitrogens with zero attached hydrogens (tertiary/aromatic N) is 2. The quantitative estimate of drug-likeness (QED) is 0.347. The summed E-state index contributed by atoms with van der Waals surface area (Å²) in [7, 11) is 0. The summed E-state index contributed by atoms with van der Waals surface area (Å²) in [5.41, 5.74) is 4.66. The Balaban J connectivity index is 1.45. The summed E-state index contributed by atoms with van der Waals surface area (Å²) in [4.78, 5) is 22.1.